The van der Waals surface area contributed by atoms with Crippen molar-refractivity contribution in [3.63, 3.8) is 0 Å². The molecule has 10 heteroatoms. The molecule has 2 heterocycles. The summed E-state index contributed by atoms with van der Waals surface area (Å²) in [6.07, 6.45) is 5.73. The number of piperazine rings is 1. The van der Waals surface area contributed by atoms with Crippen molar-refractivity contribution in [1.82, 2.24) is 19.4 Å². The predicted octanol–water partition coefficient (Wildman–Crippen LogP) is 3.20. The van der Waals surface area contributed by atoms with Gasteiger partial charge in [0.15, 0.2) is 0 Å². The van der Waals surface area contributed by atoms with Gasteiger partial charge in [-0.2, -0.15) is 9.40 Å². The van der Waals surface area contributed by atoms with E-state index in [0.717, 1.165) is 30.5 Å². The molecule has 0 radical (unpaired) electrons. The average Bonchev–Trinajstić information content (AvgIpc) is 3.20. The summed E-state index contributed by atoms with van der Waals surface area (Å²) in [6, 6.07) is 5.79. The minimum atomic E-state index is -3.91. The zero-order valence-electron chi connectivity index (χ0n) is 19.4. The lowest BCUT2D eigenvalue weighted by Gasteiger charge is -2.36. The highest BCUT2D eigenvalue weighted by atomic mass is 35.5. The SMILES string of the molecule is Cc1ccc(Cl)cc1N1CCN(S(=O)(=O)c2nn(C)cc2C(=O)N[C@@H]2CCCC[C@H]2C)CC1. The van der Waals surface area contributed by atoms with Gasteiger partial charge in [-0.25, -0.2) is 8.42 Å². The minimum absolute atomic E-state index is 0.0616. The highest BCUT2D eigenvalue weighted by molar-refractivity contribution is 7.89. The summed E-state index contributed by atoms with van der Waals surface area (Å²) in [7, 11) is -2.27. The van der Waals surface area contributed by atoms with Crippen LogP contribution in [0.3, 0.4) is 0 Å². The van der Waals surface area contributed by atoms with Crippen LogP contribution in [0.1, 0.15) is 48.5 Å². The molecule has 0 bridgehead atoms. The maximum atomic E-state index is 13.5. The Morgan fingerprint density at radius 1 is 1.15 bits per heavy atom. The first-order chi connectivity index (χ1) is 15.7. The standard InChI is InChI=1S/C23H32ClN5O3S/c1-16-6-4-5-7-20(16)25-22(30)19-15-27(3)26-23(19)33(31,32)29-12-10-28(11-13-29)21-14-18(24)9-8-17(21)2/h8-9,14-16,20H,4-7,10-13H2,1-3H3,(H,25,30)/t16-,20-/m1/s1. The summed E-state index contributed by atoms with van der Waals surface area (Å²) >= 11 is 6.16. The van der Waals surface area contributed by atoms with E-state index in [0.29, 0.717) is 37.1 Å². The summed E-state index contributed by atoms with van der Waals surface area (Å²) in [6.45, 7) is 5.84. The fraction of sp³-hybridized carbons (Fsp3) is 0.565. The molecule has 2 aromatic rings. The number of nitrogens with zero attached hydrogens (tertiary/aromatic N) is 4. The smallest absolute Gasteiger partial charge is 0.263 e. The number of aromatic nitrogens is 2. The van der Waals surface area contributed by atoms with E-state index in [1.807, 2.05) is 25.1 Å². The van der Waals surface area contributed by atoms with Gasteiger partial charge in [0, 0.05) is 56.2 Å². The van der Waals surface area contributed by atoms with Crippen LogP contribution in [0, 0.1) is 12.8 Å². The molecular formula is C23H32ClN5O3S. The topological polar surface area (TPSA) is 87.5 Å². The number of benzene rings is 1. The van der Waals surface area contributed by atoms with Gasteiger partial charge in [-0.1, -0.05) is 37.4 Å². The lowest BCUT2D eigenvalue weighted by molar-refractivity contribution is 0.0906. The number of amides is 1. The Labute approximate surface area is 200 Å². The van der Waals surface area contributed by atoms with Crippen LogP contribution in [-0.2, 0) is 17.1 Å². The number of rotatable bonds is 5. The van der Waals surface area contributed by atoms with Gasteiger partial charge in [0.2, 0.25) is 5.03 Å². The first kappa shape index (κ1) is 24.0. The van der Waals surface area contributed by atoms with Gasteiger partial charge in [0.05, 0.1) is 5.56 Å². The summed E-state index contributed by atoms with van der Waals surface area (Å²) in [4.78, 5) is 15.2. The number of hydrogen-bond acceptors (Lipinski definition) is 5. The number of halogens is 1. The van der Waals surface area contributed by atoms with Crippen LogP contribution in [0.25, 0.3) is 0 Å². The number of aryl methyl sites for hydroxylation is 2. The van der Waals surface area contributed by atoms with Crippen molar-refractivity contribution in [3.8, 4) is 0 Å². The number of hydrogen-bond donors (Lipinski definition) is 1. The van der Waals surface area contributed by atoms with Crippen molar-refractivity contribution in [2.75, 3.05) is 31.1 Å². The molecular weight excluding hydrogens is 462 g/mol. The van der Waals surface area contributed by atoms with E-state index in [2.05, 4.69) is 22.2 Å². The van der Waals surface area contributed by atoms with Gasteiger partial charge >= 0.3 is 0 Å². The van der Waals surface area contributed by atoms with Gasteiger partial charge in [-0.05, 0) is 43.4 Å². The Morgan fingerprint density at radius 2 is 1.85 bits per heavy atom. The zero-order chi connectivity index (χ0) is 23.8. The molecule has 1 amide bonds. The molecule has 0 unspecified atom stereocenters. The van der Waals surface area contributed by atoms with Crippen LogP contribution in [0.2, 0.25) is 5.02 Å². The fourth-order valence-electron chi connectivity index (χ4n) is 4.81. The number of nitrogens with one attached hydrogen (secondary N) is 1. The summed E-state index contributed by atoms with van der Waals surface area (Å²) in [5, 5.41) is 7.73. The third-order valence-electron chi connectivity index (χ3n) is 6.80. The van der Waals surface area contributed by atoms with Crippen molar-refractivity contribution in [2.24, 2.45) is 13.0 Å². The zero-order valence-corrected chi connectivity index (χ0v) is 21.0. The van der Waals surface area contributed by atoms with Crippen molar-refractivity contribution in [1.29, 1.82) is 0 Å². The second kappa shape index (κ2) is 9.64. The van der Waals surface area contributed by atoms with E-state index in [4.69, 9.17) is 11.6 Å². The second-order valence-corrected chi connectivity index (χ2v) is 11.5. The van der Waals surface area contributed by atoms with Gasteiger partial charge in [-0.15, -0.1) is 0 Å². The van der Waals surface area contributed by atoms with Crippen molar-refractivity contribution >= 4 is 33.2 Å². The molecule has 1 N–H and O–H groups in total. The fourth-order valence-corrected chi connectivity index (χ4v) is 6.52. The number of carbonyl (C=O) groups is 1. The Bertz CT molecular complexity index is 1130. The summed E-state index contributed by atoms with van der Waals surface area (Å²) < 4.78 is 29.8. The summed E-state index contributed by atoms with van der Waals surface area (Å²) in [5.74, 6) is 0.0102. The first-order valence-corrected chi connectivity index (χ1v) is 13.3. The molecule has 1 aliphatic heterocycles. The van der Waals surface area contributed by atoms with Crippen LogP contribution < -0.4 is 10.2 Å². The molecule has 1 aliphatic carbocycles. The Hall–Kier alpha value is -2.10. The Balaban J connectivity index is 1.50. The second-order valence-electron chi connectivity index (χ2n) is 9.19. The molecule has 1 aromatic carbocycles. The van der Waals surface area contributed by atoms with E-state index >= 15 is 0 Å². The van der Waals surface area contributed by atoms with E-state index in [9.17, 15) is 13.2 Å². The summed E-state index contributed by atoms with van der Waals surface area (Å²) in [5.41, 5.74) is 2.22. The van der Waals surface area contributed by atoms with Crippen LogP contribution >= 0.6 is 11.6 Å². The maximum Gasteiger partial charge on any atom is 0.263 e. The van der Waals surface area contributed by atoms with E-state index in [-0.39, 0.29) is 22.5 Å². The Morgan fingerprint density at radius 3 is 2.55 bits per heavy atom. The van der Waals surface area contributed by atoms with Gasteiger partial charge in [0.25, 0.3) is 15.9 Å². The first-order valence-electron chi connectivity index (χ1n) is 11.5. The quantitative estimate of drug-likeness (QED) is 0.691. The van der Waals surface area contributed by atoms with Crippen LogP contribution in [0.4, 0.5) is 5.69 Å². The normalized spacial score (nSPS) is 22.4. The molecule has 2 fully saturated rings. The minimum Gasteiger partial charge on any atom is -0.369 e. The number of carbonyl (C=O) groups excluding carboxylic acids is 1. The molecule has 0 spiro atoms. The van der Waals surface area contributed by atoms with E-state index in [1.54, 1.807) is 7.05 Å². The van der Waals surface area contributed by atoms with Gasteiger partial charge in [-0.3, -0.25) is 9.48 Å². The van der Waals surface area contributed by atoms with Gasteiger partial charge in [0.1, 0.15) is 0 Å². The van der Waals surface area contributed by atoms with Gasteiger partial charge < -0.3 is 10.2 Å². The number of sulfonamides is 1. The molecule has 2 atom stereocenters. The average molecular weight is 494 g/mol. The third kappa shape index (κ3) is 5.05. The van der Waals surface area contributed by atoms with Crippen molar-refractivity contribution < 1.29 is 13.2 Å². The van der Waals surface area contributed by atoms with Crippen LogP contribution in [0.5, 0.6) is 0 Å². The highest BCUT2D eigenvalue weighted by Gasteiger charge is 2.35. The van der Waals surface area contributed by atoms with Crippen molar-refractivity contribution in [2.45, 2.75) is 50.6 Å². The van der Waals surface area contributed by atoms with Crippen LogP contribution in [-0.4, -0.2) is 60.6 Å². The van der Waals surface area contributed by atoms with E-state index < -0.39 is 10.0 Å². The molecule has 33 heavy (non-hydrogen) atoms. The highest BCUT2D eigenvalue weighted by Crippen LogP contribution is 2.28. The molecule has 8 nitrogen and oxygen atoms in total. The lowest BCUT2D eigenvalue weighted by atomic mass is 9.86. The van der Waals surface area contributed by atoms with E-state index in [1.165, 1.54) is 21.6 Å². The molecule has 1 saturated heterocycles. The van der Waals surface area contributed by atoms with Crippen molar-refractivity contribution in [3.05, 3.63) is 40.5 Å². The third-order valence-corrected chi connectivity index (χ3v) is 8.87. The predicted molar refractivity (Wildman–Crippen MR) is 129 cm³/mol. The molecule has 1 saturated carbocycles. The molecule has 4 rings (SSSR count). The lowest BCUT2D eigenvalue weighted by Crippen LogP contribution is -2.49. The van der Waals surface area contributed by atoms with Crippen LogP contribution in [0.15, 0.2) is 29.4 Å². The maximum absolute atomic E-state index is 13.5. The number of anilines is 1. The monoisotopic (exact) mass is 493 g/mol. The molecule has 2 aliphatic rings. The molecule has 1 aromatic heterocycles. The molecule has 180 valence electrons. The largest absolute Gasteiger partial charge is 0.369 e. The Kier molecular flexibility index (Phi) is 7.02.